The smallest absolute Gasteiger partial charge is 0.373 e. The van der Waals surface area contributed by atoms with E-state index in [9.17, 15) is 9.59 Å². The molecular formula is C25H22O9. The second kappa shape index (κ2) is 9.62. The van der Waals surface area contributed by atoms with Crippen molar-refractivity contribution in [2.45, 2.75) is 6.61 Å². The maximum atomic E-state index is 13.3. The Balaban J connectivity index is 1.61. The Bertz CT molecular complexity index is 1320. The Morgan fingerprint density at radius 3 is 2.26 bits per heavy atom. The molecule has 0 fully saturated rings. The normalized spacial score (nSPS) is 10.7. The standard InChI is InChI=1S/C25H22O9/c1-28-21-9-14(10-22(29-2)24(21)30-3)23(26)18-13-33-19-7-5-15(11-17(18)19)32-12-16-6-8-20(34-16)25(27)31-4/h5-11,13H,12H2,1-4H3. The lowest BCUT2D eigenvalue weighted by molar-refractivity contribution is 0.0561. The fraction of sp³-hybridized carbons (Fsp3) is 0.200. The van der Waals surface area contributed by atoms with Gasteiger partial charge in [0.15, 0.2) is 17.3 Å². The maximum absolute atomic E-state index is 13.3. The summed E-state index contributed by atoms with van der Waals surface area (Å²) < 4.78 is 37.4. The molecule has 4 rings (SSSR count). The van der Waals surface area contributed by atoms with E-state index in [1.165, 1.54) is 40.8 Å². The molecule has 0 radical (unpaired) electrons. The van der Waals surface area contributed by atoms with Crippen LogP contribution in [-0.2, 0) is 11.3 Å². The van der Waals surface area contributed by atoms with E-state index in [-0.39, 0.29) is 18.2 Å². The van der Waals surface area contributed by atoms with E-state index in [1.54, 1.807) is 36.4 Å². The first-order valence-electron chi connectivity index (χ1n) is 10.1. The summed E-state index contributed by atoms with van der Waals surface area (Å²) in [6.07, 6.45) is 1.40. The Kier molecular flexibility index (Phi) is 6.44. The number of esters is 1. The van der Waals surface area contributed by atoms with E-state index in [1.807, 2.05) is 0 Å². The quantitative estimate of drug-likeness (QED) is 0.257. The highest BCUT2D eigenvalue weighted by Gasteiger charge is 2.21. The van der Waals surface area contributed by atoms with E-state index in [0.29, 0.717) is 50.9 Å². The Morgan fingerprint density at radius 1 is 0.882 bits per heavy atom. The fourth-order valence-corrected chi connectivity index (χ4v) is 3.46. The third kappa shape index (κ3) is 4.27. The van der Waals surface area contributed by atoms with Gasteiger partial charge in [-0.1, -0.05) is 0 Å². The van der Waals surface area contributed by atoms with Crippen LogP contribution in [0.4, 0.5) is 0 Å². The maximum Gasteiger partial charge on any atom is 0.373 e. The number of hydrogen-bond donors (Lipinski definition) is 0. The second-order valence-electron chi connectivity index (χ2n) is 7.10. The van der Waals surface area contributed by atoms with Crippen molar-refractivity contribution < 1.29 is 42.1 Å². The lowest BCUT2D eigenvalue weighted by atomic mass is 10.0. The van der Waals surface area contributed by atoms with Crippen LogP contribution < -0.4 is 18.9 Å². The molecule has 0 aliphatic rings. The van der Waals surface area contributed by atoms with Crippen LogP contribution in [0.3, 0.4) is 0 Å². The Hall–Kier alpha value is -4.40. The molecular weight excluding hydrogens is 444 g/mol. The molecule has 0 N–H and O–H groups in total. The first kappa shape index (κ1) is 22.8. The third-order valence-corrected chi connectivity index (χ3v) is 5.15. The minimum Gasteiger partial charge on any atom is -0.493 e. The zero-order valence-electron chi connectivity index (χ0n) is 19.0. The molecule has 0 aliphatic heterocycles. The molecule has 0 spiro atoms. The number of rotatable bonds is 9. The molecule has 0 saturated heterocycles. The van der Waals surface area contributed by atoms with Gasteiger partial charge in [-0.05, 0) is 42.5 Å². The molecule has 0 saturated carbocycles. The van der Waals surface area contributed by atoms with Crippen LogP contribution in [0.15, 0.2) is 57.6 Å². The molecule has 9 nitrogen and oxygen atoms in total. The summed E-state index contributed by atoms with van der Waals surface area (Å²) in [5, 5.41) is 0.575. The lowest BCUT2D eigenvalue weighted by Gasteiger charge is -2.13. The van der Waals surface area contributed by atoms with Gasteiger partial charge in [0, 0.05) is 10.9 Å². The SMILES string of the molecule is COC(=O)c1ccc(COc2ccc3occ(C(=O)c4cc(OC)c(OC)c(OC)c4)c3c2)o1. The molecule has 9 heteroatoms. The summed E-state index contributed by atoms with van der Waals surface area (Å²) in [5.74, 6) is 1.29. The summed E-state index contributed by atoms with van der Waals surface area (Å²) in [7, 11) is 5.73. The molecule has 2 heterocycles. The Morgan fingerprint density at radius 2 is 1.62 bits per heavy atom. The lowest BCUT2D eigenvalue weighted by Crippen LogP contribution is -2.03. The van der Waals surface area contributed by atoms with Gasteiger partial charge >= 0.3 is 5.97 Å². The highest BCUT2D eigenvalue weighted by atomic mass is 16.5. The predicted molar refractivity (Wildman–Crippen MR) is 120 cm³/mol. The van der Waals surface area contributed by atoms with Crippen molar-refractivity contribution in [1.29, 1.82) is 0 Å². The van der Waals surface area contributed by atoms with Gasteiger partial charge in [0.25, 0.3) is 0 Å². The number of methoxy groups -OCH3 is 4. The van der Waals surface area contributed by atoms with Crippen LogP contribution in [0, 0.1) is 0 Å². The minimum atomic E-state index is -0.569. The molecule has 0 aliphatic carbocycles. The van der Waals surface area contributed by atoms with Gasteiger partial charge in [-0.25, -0.2) is 4.79 Å². The molecule has 4 aromatic rings. The number of benzene rings is 2. The zero-order valence-corrected chi connectivity index (χ0v) is 19.0. The van der Waals surface area contributed by atoms with E-state index < -0.39 is 5.97 Å². The molecule has 34 heavy (non-hydrogen) atoms. The first-order valence-corrected chi connectivity index (χ1v) is 10.1. The van der Waals surface area contributed by atoms with E-state index in [4.69, 9.17) is 27.8 Å². The number of carbonyl (C=O) groups excluding carboxylic acids is 2. The molecule has 0 unspecified atom stereocenters. The number of ether oxygens (including phenoxy) is 5. The van der Waals surface area contributed by atoms with Gasteiger partial charge in [-0.2, -0.15) is 0 Å². The number of furan rings is 2. The summed E-state index contributed by atoms with van der Waals surface area (Å²) >= 11 is 0. The van der Waals surface area contributed by atoms with Crippen LogP contribution in [0.25, 0.3) is 11.0 Å². The van der Waals surface area contributed by atoms with Crippen LogP contribution in [0.5, 0.6) is 23.0 Å². The largest absolute Gasteiger partial charge is 0.493 e. The van der Waals surface area contributed by atoms with Crippen molar-refractivity contribution in [1.82, 2.24) is 0 Å². The van der Waals surface area contributed by atoms with Crippen LogP contribution in [0.2, 0.25) is 0 Å². The molecule has 0 atom stereocenters. The molecule has 0 bridgehead atoms. The zero-order chi connectivity index (χ0) is 24.2. The van der Waals surface area contributed by atoms with Crippen molar-refractivity contribution in [3.63, 3.8) is 0 Å². The minimum absolute atomic E-state index is 0.0799. The molecule has 2 aromatic heterocycles. The van der Waals surface area contributed by atoms with Crippen molar-refractivity contribution in [3.8, 4) is 23.0 Å². The number of hydrogen-bond acceptors (Lipinski definition) is 9. The first-order chi connectivity index (χ1) is 16.5. The number of ketones is 1. The van der Waals surface area contributed by atoms with Crippen LogP contribution in [0.1, 0.15) is 32.2 Å². The number of carbonyl (C=O) groups is 2. The van der Waals surface area contributed by atoms with Gasteiger partial charge in [-0.3, -0.25) is 4.79 Å². The fourth-order valence-electron chi connectivity index (χ4n) is 3.46. The average molecular weight is 466 g/mol. The second-order valence-corrected chi connectivity index (χ2v) is 7.10. The average Bonchev–Trinajstić information content (AvgIpc) is 3.52. The van der Waals surface area contributed by atoms with Crippen LogP contribution >= 0.6 is 0 Å². The number of fused-ring (bicyclic) bond motifs is 1. The summed E-state index contributed by atoms with van der Waals surface area (Å²) in [4.78, 5) is 24.9. The topological polar surface area (TPSA) is 107 Å². The molecule has 0 amide bonds. The highest BCUT2D eigenvalue weighted by Crippen LogP contribution is 2.39. The predicted octanol–water partition coefficient (Wildman–Crippen LogP) is 4.65. The van der Waals surface area contributed by atoms with Crippen LogP contribution in [-0.4, -0.2) is 40.2 Å². The van der Waals surface area contributed by atoms with E-state index >= 15 is 0 Å². The van der Waals surface area contributed by atoms with Crippen molar-refractivity contribution >= 4 is 22.7 Å². The third-order valence-electron chi connectivity index (χ3n) is 5.15. The van der Waals surface area contributed by atoms with E-state index in [0.717, 1.165) is 0 Å². The van der Waals surface area contributed by atoms with Gasteiger partial charge in [0.1, 0.15) is 30.0 Å². The van der Waals surface area contributed by atoms with Gasteiger partial charge in [0.2, 0.25) is 11.5 Å². The van der Waals surface area contributed by atoms with Crippen molar-refractivity contribution in [2.75, 3.05) is 28.4 Å². The highest BCUT2D eigenvalue weighted by molar-refractivity contribution is 6.16. The van der Waals surface area contributed by atoms with Crippen molar-refractivity contribution in [2.24, 2.45) is 0 Å². The van der Waals surface area contributed by atoms with Gasteiger partial charge < -0.3 is 32.5 Å². The van der Waals surface area contributed by atoms with E-state index in [2.05, 4.69) is 4.74 Å². The van der Waals surface area contributed by atoms with Gasteiger partial charge in [0.05, 0.1) is 34.0 Å². The monoisotopic (exact) mass is 466 g/mol. The summed E-state index contributed by atoms with van der Waals surface area (Å²) in [6, 6.07) is 11.4. The molecule has 176 valence electrons. The Labute approximate surface area is 194 Å². The van der Waals surface area contributed by atoms with Crippen molar-refractivity contribution in [3.05, 3.63) is 71.4 Å². The molecule has 2 aromatic carbocycles. The van der Waals surface area contributed by atoms with Gasteiger partial charge in [-0.15, -0.1) is 0 Å². The summed E-state index contributed by atoms with van der Waals surface area (Å²) in [5.41, 5.74) is 1.21. The summed E-state index contributed by atoms with van der Waals surface area (Å²) in [6.45, 7) is 0.0799.